The van der Waals surface area contributed by atoms with Gasteiger partial charge in [0.25, 0.3) is 0 Å². The van der Waals surface area contributed by atoms with Gasteiger partial charge in [-0.15, -0.1) is 0 Å². The van der Waals surface area contributed by atoms with Crippen LogP contribution in [0.25, 0.3) is 0 Å². The first-order valence-corrected chi connectivity index (χ1v) is 5.56. The Morgan fingerprint density at radius 2 is 2.00 bits per heavy atom. The third-order valence-corrected chi connectivity index (χ3v) is 2.05. The van der Waals surface area contributed by atoms with E-state index >= 15 is 0 Å². The topological polar surface area (TPSA) is 61.5 Å². The molecule has 1 unspecified atom stereocenters. The van der Waals surface area contributed by atoms with Crippen LogP contribution in [0.5, 0.6) is 0 Å². The van der Waals surface area contributed by atoms with Crippen LogP contribution in [0.4, 0.5) is 0 Å². The molecule has 90 valence electrons. The van der Waals surface area contributed by atoms with Gasteiger partial charge in [0, 0.05) is 13.2 Å². The van der Waals surface area contributed by atoms with Crippen molar-refractivity contribution in [2.45, 2.75) is 27.2 Å². The third-order valence-electron chi connectivity index (χ3n) is 2.05. The minimum Gasteiger partial charge on any atom is -0.463 e. The van der Waals surface area contributed by atoms with Crippen LogP contribution in [0.2, 0.25) is 0 Å². The number of hydrogen-bond donors (Lipinski definition) is 1. The highest BCUT2D eigenvalue weighted by atomic mass is 16.6. The Labute approximate surface area is 92.1 Å². The monoisotopic (exact) mass is 217 g/mol. The zero-order valence-corrected chi connectivity index (χ0v) is 9.99. The summed E-state index contributed by atoms with van der Waals surface area (Å²) >= 11 is 0. The molecule has 0 saturated heterocycles. The second-order valence-corrected chi connectivity index (χ2v) is 3.93. The molecule has 1 atom stereocenters. The summed E-state index contributed by atoms with van der Waals surface area (Å²) in [6.07, 6.45) is 0.782. The summed E-state index contributed by atoms with van der Waals surface area (Å²) in [6.45, 7) is 7.81. The highest BCUT2D eigenvalue weighted by molar-refractivity contribution is 5.72. The molecule has 0 saturated carbocycles. The van der Waals surface area contributed by atoms with E-state index < -0.39 is 0 Å². The molecule has 0 spiro atoms. The zero-order chi connectivity index (χ0) is 11.7. The van der Waals surface area contributed by atoms with E-state index in [1.54, 1.807) is 0 Å². The Morgan fingerprint density at radius 3 is 2.47 bits per heavy atom. The van der Waals surface area contributed by atoms with Crippen molar-refractivity contribution in [2.24, 2.45) is 17.6 Å². The highest BCUT2D eigenvalue weighted by Crippen LogP contribution is 2.11. The summed E-state index contributed by atoms with van der Waals surface area (Å²) in [5.74, 6) is 0.0792. The number of carbonyl (C=O) groups is 1. The average Bonchev–Trinajstić information content (AvgIpc) is 2.20. The van der Waals surface area contributed by atoms with Crippen LogP contribution in [0.15, 0.2) is 0 Å². The Balaban J connectivity index is 3.73. The van der Waals surface area contributed by atoms with Gasteiger partial charge in [-0.05, 0) is 19.3 Å². The van der Waals surface area contributed by atoms with E-state index in [0.29, 0.717) is 32.3 Å². The fraction of sp³-hybridized carbons (Fsp3) is 0.909. The van der Waals surface area contributed by atoms with Gasteiger partial charge in [0.2, 0.25) is 0 Å². The van der Waals surface area contributed by atoms with E-state index in [2.05, 4.69) is 13.8 Å². The smallest absolute Gasteiger partial charge is 0.310 e. The lowest BCUT2D eigenvalue weighted by Crippen LogP contribution is -2.28. The van der Waals surface area contributed by atoms with Gasteiger partial charge >= 0.3 is 5.97 Å². The van der Waals surface area contributed by atoms with Crippen LogP contribution in [-0.2, 0) is 14.3 Å². The van der Waals surface area contributed by atoms with Crippen molar-refractivity contribution in [1.82, 2.24) is 0 Å². The zero-order valence-electron chi connectivity index (χ0n) is 9.99. The van der Waals surface area contributed by atoms with Crippen LogP contribution in [-0.4, -0.2) is 32.3 Å². The number of rotatable bonds is 8. The molecule has 0 aliphatic rings. The Bertz CT molecular complexity index is 171. The fourth-order valence-electron chi connectivity index (χ4n) is 1.32. The number of carbonyl (C=O) groups excluding carboxylic acids is 1. The van der Waals surface area contributed by atoms with Gasteiger partial charge in [0.05, 0.1) is 12.5 Å². The number of hydrogen-bond acceptors (Lipinski definition) is 4. The van der Waals surface area contributed by atoms with Crippen molar-refractivity contribution in [3.63, 3.8) is 0 Å². The van der Waals surface area contributed by atoms with Crippen molar-refractivity contribution < 1.29 is 14.3 Å². The molecule has 0 radical (unpaired) electrons. The second-order valence-electron chi connectivity index (χ2n) is 3.93. The normalized spacial score (nSPS) is 12.9. The van der Waals surface area contributed by atoms with E-state index in [4.69, 9.17) is 15.2 Å². The van der Waals surface area contributed by atoms with Crippen molar-refractivity contribution in [3.8, 4) is 0 Å². The van der Waals surface area contributed by atoms with Crippen LogP contribution in [0, 0.1) is 11.8 Å². The van der Waals surface area contributed by atoms with E-state index in [1.807, 2.05) is 6.92 Å². The maximum absolute atomic E-state index is 11.5. The number of nitrogens with two attached hydrogens (primary N) is 1. The molecule has 0 aromatic rings. The molecule has 0 aromatic heterocycles. The lowest BCUT2D eigenvalue weighted by atomic mass is 9.97. The van der Waals surface area contributed by atoms with E-state index in [1.165, 1.54) is 0 Å². The van der Waals surface area contributed by atoms with Gasteiger partial charge in [0.1, 0.15) is 6.61 Å². The quantitative estimate of drug-likeness (QED) is 0.490. The van der Waals surface area contributed by atoms with Gasteiger partial charge in [-0.2, -0.15) is 0 Å². The molecule has 0 heterocycles. The molecule has 0 fully saturated rings. The maximum Gasteiger partial charge on any atom is 0.310 e. The number of ether oxygens (including phenoxy) is 2. The van der Waals surface area contributed by atoms with Crippen LogP contribution < -0.4 is 5.73 Å². The molecular weight excluding hydrogens is 194 g/mol. The largest absolute Gasteiger partial charge is 0.463 e. The molecule has 0 bridgehead atoms. The van der Waals surface area contributed by atoms with Gasteiger partial charge in [-0.25, -0.2) is 0 Å². The van der Waals surface area contributed by atoms with E-state index in [0.717, 1.165) is 6.42 Å². The molecule has 0 rings (SSSR count). The Morgan fingerprint density at radius 1 is 1.33 bits per heavy atom. The summed E-state index contributed by atoms with van der Waals surface area (Å²) < 4.78 is 10.1. The maximum atomic E-state index is 11.5. The standard InChI is InChI=1S/C11H23NO3/c1-4-14-5-6-15-11(13)10(8-12)7-9(2)3/h9-10H,4-8,12H2,1-3H3. The first-order chi connectivity index (χ1) is 7.11. The molecule has 4 heteroatoms. The summed E-state index contributed by atoms with van der Waals surface area (Å²) in [4.78, 5) is 11.5. The highest BCUT2D eigenvalue weighted by Gasteiger charge is 2.19. The summed E-state index contributed by atoms with van der Waals surface area (Å²) in [5, 5.41) is 0. The Kier molecular flexibility index (Phi) is 8.33. The predicted octanol–water partition coefficient (Wildman–Crippen LogP) is 1.19. The SMILES string of the molecule is CCOCCOC(=O)C(CN)CC(C)C. The first-order valence-electron chi connectivity index (χ1n) is 5.56. The van der Waals surface area contributed by atoms with Gasteiger partial charge in [0.15, 0.2) is 0 Å². The van der Waals surface area contributed by atoms with Crippen molar-refractivity contribution in [1.29, 1.82) is 0 Å². The van der Waals surface area contributed by atoms with Crippen LogP contribution in [0.3, 0.4) is 0 Å². The number of esters is 1. The molecule has 0 aliphatic carbocycles. The minimum atomic E-state index is -0.203. The Hall–Kier alpha value is -0.610. The lowest BCUT2D eigenvalue weighted by molar-refractivity contribution is -0.150. The molecule has 0 aliphatic heterocycles. The molecule has 2 N–H and O–H groups in total. The van der Waals surface area contributed by atoms with Gasteiger partial charge in [-0.3, -0.25) is 4.79 Å². The summed E-state index contributed by atoms with van der Waals surface area (Å²) in [5.41, 5.74) is 5.52. The third kappa shape index (κ3) is 7.33. The molecule has 15 heavy (non-hydrogen) atoms. The van der Waals surface area contributed by atoms with Gasteiger partial charge in [-0.1, -0.05) is 13.8 Å². The lowest BCUT2D eigenvalue weighted by Gasteiger charge is -2.15. The van der Waals surface area contributed by atoms with Crippen molar-refractivity contribution in [2.75, 3.05) is 26.4 Å². The van der Waals surface area contributed by atoms with E-state index in [9.17, 15) is 4.79 Å². The molecule has 0 amide bonds. The average molecular weight is 217 g/mol. The molecule has 4 nitrogen and oxygen atoms in total. The van der Waals surface area contributed by atoms with Gasteiger partial charge < -0.3 is 15.2 Å². The van der Waals surface area contributed by atoms with Crippen molar-refractivity contribution in [3.05, 3.63) is 0 Å². The van der Waals surface area contributed by atoms with E-state index in [-0.39, 0.29) is 11.9 Å². The summed E-state index contributed by atoms with van der Waals surface area (Å²) in [6, 6.07) is 0. The summed E-state index contributed by atoms with van der Waals surface area (Å²) in [7, 11) is 0. The molecular formula is C11H23NO3. The fourth-order valence-corrected chi connectivity index (χ4v) is 1.32. The predicted molar refractivity (Wildman–Crippen MR) is 59.5 cm³/mol. The molecule has 0 aromatic carbocycles. The minimum absolute atomic E-state index is 0.174. The first kappa shape index (κ1) is 14.4. The van der Waals surface area contributed by atoms with Crippen LogP contribution >= 0.6 is 0 Å². The van der Waals surface area contributed by atoms with Crippen molar-refractivity contribution >= 4 is 5.97 Å². The second kappa shape index (κ2) is 8.68. The van der Waals surface area contributed by atoms with Crippen LogP contribution in [0.1, 0.15) is 27.2 Å².